The van der Waals surface area contributed by atoms with Crippen LogP contribution in [0, 0.1) is 23.5 Å². The lowest BCUT2D eigenvalue weighted by atomic mass is 9.82. The summed E-state index contributed by atoms with van der Waals surface area (Å²) in [6, 6.07) is 11.6. The summed E-state index contributed by atoms with van der Waals surface area (Å²) in [7, 11) is 1.31. The summed E-state index contributed by atoms with van der Waals surface area (Å²) in [5.41, 5.74) is 2.99. The minimum Gasteiger partial charge on any atom is -0.453 e. The molecular weight excluding hydrogens is 398 g/mol. The Labute approximate surface area is 184 Å². The van der Waals surface area contributed by atoms with Crippen molar-refractivity contribution in [1.29, 1.82) is 0 Å². The molecule has 2 aromatic rings. The quantitative estimate of drug-likeness (QED) is 0.510. The zero-order valence-corrected chi connectivity index (χ0v) is 18.9. The first-order valence-corrected chi connectivity index (χ1v) is 10.9. The van der Waals surface area contributed by atoms with Crippen LogP contribution in [0.1, 0.15) is 43.9 Å². The zero-order chi connectivity index (χ0) is 22.8. The number of halogens is 2. The number of benzene rings is 2. The maximum absolute atomic E-state index is 13.7. The molecule has 0 aliphatic rings. The van der Waals surface area contributed by atoms with Crippen LogP contribution in [-0.4, -0.2) is 25.8 Å². The third-order valence-electron chi connectivity index (χ3n) is 5.87. The predicted octanol–water partition coefficient (Wildman–Crippen LogP) is 5.25. The van der Waals surface area contributed by atoms with Gasteiger partial charge in [-0.1, -0.05) is 51.5 Å². The Bertz CT molecular complexity index is 824. The van der Waals surface area contributed by atoms with Crippen LogP contribution in [0.5, 0.6) is 0 Å². The molecule has 0 aliphatic carbocycles. The summed E-state index contributed by atoms with van der Waals surface area (Å²) in [4.78, 5) is 12.0. The van der Waals surface area contributed by atoms with Crippen molar-refractivity contribution in [2.24, 2.45) is 11.8 Å². The van der Waals surface area contributed by atoms with Crippen LogP contribution in [0.3, 0.4) is 0 Å². The number of rotatable bonds is 11. The molecule has 4 nitrogen and oxygen atoms in total. The van der Waals surface area contributed by atoms with Crippen LogP contribution in [0.4, 0.5) is 13.6 Å². The fourth-order valence-electron chi connectivity index (χ4n) is 3.89. The fourth-order valence-corrected chi connectivity index (χ4v) is 3.89. The lowest BCUT2D eigenvalue weighted by Crippen LogP contribution is -2.47. The number of hydrogen-bond acceptors (Lipinski definition) is 3. The van der Waals surface area contributed by atoms with Crippen LogP contribution in [-0.2, 0) is 24.1 Å². The molecule has 0 saturated heterocycles. The Kier molecular flexibility index (Phi) is 9.92. The first-order chi connectivity index (χ1) is 14.9. The van der Waals surface area contributed by atoms with Gasteiger partial charge in [0.2, 0.25) is 0 Å². The van der Waals surface area contributed by atoms with E-state index in [0.717, 1.165) is 18.9 Å². The fraction of sp³-hybridized carbons (Fsp3) is 0.480. The lowest BCUT2D eigenvalue weighted by molar-refractivity contribution is 0.154. The predicted molar refractivity (Wildman–Crippen MR) is 120 cm³/mol. The molecule has 0 heterocycles. The second kappa shape index (κ2) is 12.4. The van der Waals surface area contributed by atoms with Gasteiger partial charge in [0.15, 0.2) is 0 Å². The van der Waals surface area contributed by atoms with Crippen LogP contribution >= 0.6 is 0 Å². The smallest absolute Gasteiger partial charge is 0.407 e. The van der Waals surface area contributed by atoms with Crippen molar-refractivity contribution in [1.82, 2.24) is 10.6 Å². The van der Waals surface area contributed by atoms with Gasteiger partial charge in [0.25, 0.3) is 0 Å². The minimum atomic E-state index is -0.624. The molecule has 2 unspecified atom stereocenters. The van der Waals surface area contributed by atoms with Gasteiger partial charge in [0.1, 0.15) is 11.6 Å². The van der Waals surface area contributed by atoms with Gasteiger partial charge >= 0.3 is 6.09 Å². The second-order valence-electron chi connectivity index (χ2n) is 8.08. The van der Waals surface area contributed by atoms with Crippen LogP contribution < -0.4 is 10.6 Å². The van der Waals surface area contributed by atoms with Crippen LogP contribution in [0.15, 0.2) is 42.5 Å². The van der Waals surface area contributed by atoms with Crippen LogP contribution in [0.2, 0.25) is 0 Å². The van der Waals surface area contributed by atoms with Gasteiger partial charge in [0, 0.05) is 25.2 Å². The summed E-state index contributed by atoms with van der Waals surface area (Å²) >= 11 is 0. The molecule has 1 amide bonds. The average molecular weight is 433 g/mol. The van der Waals surface area contributed by atoms with Crippen molar-refractivity contribution >= 4 is 6.09 Å². The Morgan fingerprint density at radius 1 is 1.03 bits per heavy atom. The molecule has 0 spiro atoms. The van der Waals surface area contributed by atoms with E-state index in [-0.39, 0.29) is 17.9 Å². The number of methoxy groups -OCH3 is 1. The summed E-state index contributed by atoms with van der Waals surface area (Å²) in [5.74, 6) is -0.929. The van der Waals surface area contributed by atoms with E-state index in [2.05, 4.69) is 55.7 Å². The highest BCUT2D eigenvalue weighted by atomic mass is 19.1. The molecule has 0 aromatic heterocycles. The van der Waals surface area contributed by atoms with Crippen molar-refractivity contribution in [3.63, 3.8) is 0 Å². The Hall–Kier alpha value is -2.47. The van der Waals surface area contributed by atoms with Gasteiger partial charge in [-0.25, -0.2) is 13.6 Å². The molecule has 0 saturated carbocycles. The van der Waals surface area contributed by atoms with E-state index in [9.17, 15) is 13.6 Å². The van der Waals surface area contributed by atoms with E-state index < -0.39 is 17.7 Å². The van der Waals surface area contributed by atoms with E-state index in [1.807, 2.05) is 0 Å². The number of aryl methyl sites for hydroxylation is 1. The maximum Gasteiger partial charge on any atom is 0.407 e. The first kappa shape index (κ1) is 24.8. The van der Waals surface area contributed by atoms with Gasteiger partial charge in [-0.3, -0.25) is 0 Å². The number of amides is 1. The highest BCUT2D eigenvalue weighted by Gasteiger charge is 2.28. The Balaban J connectivity index is 2.17. The molecule has 2 aromatic carbocycles. The van der Waals surface area contributed by atoms with E-state index in [1.165, 1.54) is 30.4 Å². The second-order valence-corrected chi connectivity index (χ2v) is 8.08. The van der Waals surface area contributed by atoms with E-state index in [0.29, 0.717) is 25.1 Å². The van der Waals surface area contributed by atoms with Gasteiger partial charge in [-0.05, 0) is 53.5 Å². The highest BCUT2D eigenvalue weighted by molar-refractivity contribution is 5.67. The molecule has 2 N–H and O–H groups in total. The molecule has 170 valence electrons. The topological polar surface area (TPSA) is 50.4 Å². The maximum atomic E-state index is 13.7. The van der Waals surface area contributed by atoms with Gasteiger partial charge in [0.05, 0.1) is 7.11 Å². The summed E-state index contributed by atoms with van der Waals surface area (Å²) in [6.07, 6.45) is 1.66. The molecule has 31 heavy (non-hydrogen) atoms. The number of nitrogens with one attached hydrogen (secondary N) is 2. The molecule has 0 bridgehead atoms. The molecular formula is C25H34F2N2O2. The summed E-state index contributed by atoms with van der Waals surface area (Å²) in [6.45, 7) is 7.71. The number of ether oxygens (including phenoxy) is 1. The molecule has 0 radical (unpaired) electrons. The highest BCUT2D eigenvalue weighted by Crippen LogP contribution is 2.23. The van der Waals surface area contributed by atoms with E-state index >= 15 is 0 Å². The van der Waals surface area contributed by atoms with Gasteiger partial charge in [-0.2, -0.15) is 0 Å². The monoisotopic (exact) mass is 432 g/mol. The number of carbonyl (C=O) groups is 1. The third-order valence-corrected chi connectivity index (χ3v) is 5.87. The standard InChI is InChI=1S/C25H34F2N2O2/c1-5-17(3)23(16-28-15-19-9-7-8-18(6-2)10-19)24(29-25(30)31-4)13-20-11-21(26)14-22(27)12-20/h7-12,14,17,23-24,28H,5-6,13,15-16H2,1-4H3,(H,29,30)/t17?,23?,24-/m0/s1. The molecule has 2 rings (SSSR count). The number of carbonyl (C=O) groups excluding carboxylic acids is 1. The van der Waals surface area contributed by atoms with Gasteiger partial charge < -0.3 is 15.4 Å². The van der Waals surface area contributed by atoms with E-state index in [1.54, 1.807) is 0 Å². The first-order valence-electron chi connectivity index (χ1n) is 10.9. The van der Waals surface area contributed by atoms with Crippen molar-refractivity contribution in [3.8, 4) is 0 Å². The number of hydrogen-bond donors (Lipinski definition) is 2. The van der Waals surface area contributed by atoms with E-state index in [4.69, 9.17) is 4.74 Å². The van der Waals surface area contributed by atoms with Crippen molar-refractivity contribution in [2.75, 3.05) is 13.7 Å². The normalized spacial score (nSPS) is 14.0. The molecule has 3 atom stereocenters. The van der Waals surface area contributed by atoms with Gasteiger partial charge in [-0.15, -0.1) is 0 Å². The Morgan fingerprint density at radius 2 is 1.71 bits per heavy atom. The largest absolute Gasteiger partial charge is 0.453 e. The third kappa shape index (κ3) is 7.94. The summed E-state index contributed by atoms with van der Waals surface area (Å²) < 4.78 is 32.3. The van der Waals surface area contributed by atoms with Crippen molar-refractivity contribution < 1.29 is 18.3 Å². The van der Waals surface area contributed by atoms with Crippen molar-refractivity contribution in [2.45, 2.75) is 52.6 Å². The Morgan fingerprint density at radius 3 is 2.32 bits per heavy atom. The average Bonchev–Trinajstić information content (AvgIpc) is 2.75. The minimum absolute atomic E-state index is 0.0461. The molecule has 0 aliphatic heterocycles. The molecule has 0 fully saturated rings. The SMILES string of the molecule is CCc1cccc(CNCC(C(C)CC)[C@H](Cc2cc(F)cc(F)c2)NC(=O)OC)c1. The van der Waals surface area contributed by atoms with Crippen molar-refractivity contribution in [3.05, 3.63) is 70.8 Å². The van der Waals surface area contributed by atoms with Crippen LogP contribution in [0.25, 0.3) is 0 Å². The number of alkyl carbamates (subject to hydrolysis) is 1. The molecule has 6 heteroatoms. The zero-order valence-electron chi connectivity index (χ0n) is 18.9. The summed E-state index contributed by atoms with van der Waals surface area (Å²) in [5, 5.41) is 6.40. The lowest BCUT2D eigenvalue weighted by Gasteiger charge is -2.32.